The zero-order chi connectivity index (χ0) is 20.6. The average Bonchev–Trinajstić information content (AvgIpc) is 2.74. The summed E-state index contributed by atoms with van der Waals surface area (Å²) in [5, 5.41) is 19.6. The van der Waals surface area contributed by atoms with E-state index in [2.05, 4.69) is 15.9 Å². The molecule has 3 rings (SSSR count). The van der Waals surface area contributed by atoms with Crippen molar-refractivity contribution in [3.05, 3.63) is 81.4 Å². The van der Waals surface area contributed by atoms with Gasteiger partial charge in [0, 0.05) is 51.4 Å². The zero-order valence-corrected chi connectivity index (χ0v) is 16.2. The van der Waals surface area contributed by atoms with E-state index in [0.717, 1.165) is 56.8 Å². The minimum Gasteiger partial charge on any atom is -0.478 e. The number of nitro benzene ring substituents is 1. The molecule has 1 N–H and O–H groups in total. The summed E-state index contributed by atoms with van der Waals surface area (Å²) in [4.78, 5) is 26.0. The number of non-ortho nitro benzene ring substituents is 1. The standard InChI is InChI=1S/C22H25N3O4/c26-22(27)20-7-3-19(4-8-20)11-13-24-16-14-23(15-17-24)12-1-2-18-5-9-21(10-6-18)25(28)29/h1-10H,11-17H2,(H,26,27). The fourth-order valence-corrected chi connectivity index (χ4v) is 3.34. The highest BCUT2D eigenvalue weighted by Gasteiger charge is 2.15. The maximum Gasteiger partial charge on any atom is 0.335 e. The van der Waals surface area contributed by atoms with Crippen LogP contribution in [0.15, 0.2) is 54.6 Å². The number of nitrogens with zero attached hydrogens (tertiary/aromatic N) is 3. The molecule has 152 valence electrons. The molecule has 0 saturated carbocycles. The summed E-state index contributed by atoms with van der Waals surface area (Å²) in [5.41, 5.74) is 2.55. The number of rotatable bonds is 8. The second kappa shape index (κ2) is 9.95. The summed E-state index contributed by atoms with van der Waals surface area (Å²) in [5.74, 6) is -0.893. The van der Waals surface area contributed by atoms with Gasteiger partial charge in [-0.1, -0.05) is 24.3 Å². The molecule has 7 heteroatoms. The molecule has 2 aromatic carbocycles. The van der Waals surface area contributed by atoms with Crippen molar-refractivity contribution >= 4 is 17.7 Å². The molecule has 0 atom stereocenters. The lowest BCUT2D eigenvalue weighted by Gasteiger charge is -2.34. The van der Waals surface area contributed by atoms with Crippen LogP contribution in [0.2, 0.25) is 0 Å². The molecular weight excluding hydrogens is 370 g/mol. The highest BCUT2D eigenvalue weighted by Crippen LogP contribution is 2.13. The maximum atomic E-state index is 10.9. The first-order valence-corrected chi connectivity index (χ1v) is 9.69. The number of benzene rings is 2. The van der Waals surface area contributed by atoms with E-state index in [4.69, 9.17) is 5.11 Å². The summed E-state index contributed by atoms with van der Waals surface area (Å²) in [6.07, 6.45) is 5.01. The molecule has 29 heavy (non-hydrogen) atoms. The summed E-state index contributed by atoms with van der Waals surface area (Å²) >= 11 is 0. The fraction of sp³-hybridized carbons (Fsp3) is 0.318. The topological polar surface area (TPSA) is 86.9 Å². The quantitative estimate of drug-likeness (QED) is 0.546. The van der Waals surface area contributed by atoms with Crippen LogP contribution in [-0.4, -0.2) is 65.1 Å². The third-order valence-corrected chi connectivity index (χ3v) is 5.16. The van der Waals surface area contributed by atoms with Crippen LogP contribution < -0.4 is 0 Å². The highest BCUT2D eigenvalue weighted by atomic mass is 16.6. The first kappa shape index (κ1) is 20.7. The van der Waals surface area contributed by atoms with E-state index < -0.39 is 10.9 Å². The number of carbonyl (C=O) groups is 1. The lowest BCUT2D eigenvalue weighted by Crippen LogP contribution is -2.46. The molecule has 1 fully saturated rings. The minimum absolute atomic E-state index is 0.108. The lowest BCUT2D eigenvalue weighted by atomic mass is 10.1. The van der Waals surface area contributed by atoms with Crippen molar-refractivity contribution in [2.45, 2.75) is 6.42 Å². The van der Waals surface area contributed by atoms with Crippen molar-refractivity contribution in [3.8, 4) is 0 Å². The Labute approximate surface area is 170 Å². The van der Waals surface area contributed by atoms with E-state index in [-0.39, 0.29) is 5.69 Å². The van der Waals surface area contributed by atoms with Gasteiger partial charge in [0.05, 0.1) is 10.5 Å². The molecule has 0 bridgehead atoms. The summed E-state index contributed by atoms with van der Waals surface area (Å²) in [6, 6.07) is 13.7. The highest BCUT2D eigenvalue weighted by molar-refractivity contribution is 5.87. The van der Waals surface area contributed by atoms with Crippen molar-refractivity contribution in [3.63, 3.8) is 0 Å². The predicted octanol–water partition coefficient (Wildman–Crippen LogP) is 3.17. The first-order chi connectivity index (χ1) is 14.0. The Balaban J connectivity index is 1.37. The first-order valence-electron chi connectivity index (χ1n) is 9.69. The number of nitro groups is 1. The zero-order valence-electron chi connectivity index (χ0n) is 16.2. The molecular formula is C22H25N3O4. The molecule has 0 aliphatic carbocycles. The number of carboxylic acids is 1. The Hall–Kier alpha value is -3.03. The lowest BCUT2D eigenvalue weighted by molar-refractivity contribution is -0.384. The Morgan fingerprint density at radius 2 is 1.62 bits per heavy atom. The molecule has 1 aliphatic heterocycles. The molecule has 0 amide bonds. The van der Waals surface area contributed by atoms with Gasteiger partial charge in [-0.15, -0.1) is 0 Å². The van der Waals surface area contributed by atoms with Crippen LogP contribution in [0.5, 0.6) is 0 Å². The van der Waals surface area contributed by atoms with E-state index in [1.807, 2.05) is 18.2 Å². The van der Waals surface area contributed by atoms with Gasteiger partial charge in [-0.2, -0.15) is 0 Å². The Bertz CT molecular complexity index is 855. The summed E-state index contributed by atoms with van der Waals surface area (Å²) in [6.45, 7) is 5.86. The van der Waals surface area contributed by atoms with Crippen LogP contribution in [0, 0.1) is 10.1 Å². The molecule has 2 aromatic rings. The van der Waals surface area contributed by atoms with Crippen LogP contribution >= 0.6 is 0 Å². The van der Waals surface area contributed by atoms with Gasteiger partial charge in [-0.05, 0) is 41.8 Å². The molecule has 0 spiro atoms. The third kappa shape index (κ3) is 6.23. The number of hydrogen-bond donors (Lipinski definition) is 1. The minimum atomic E-state index is -0.893. The van der Waals surface area contributed by atoms with Crippen molar-refractivity contribution in [2.24, 2.45) is 0 Å². The third-order valence-electron chi connectivity index (χ3n) is 5.16. The van der Waals surface area contributed by atoms with Gasteiger partial charge in [0.2, 0.25) is 0 Å². The van der Waals surface area contributed by atoms with Crippen molar-refractivity contribution in [1.29, 1.82) is 0 Å². The van der Waals surface area contributed by atoms with Gasteiger partial charge in [-0.25, -0.2) is 4.79 Å². The molecule has 1 saturated heterocycles. The van der Waals surface area contributed by atoms with Gasteiger partial charge >= 0.3 is 5.97 Å². The molecule has 1 aliphatic rings. The van der Waals surface area contributed by atoms with E-state index in [1.54, 1.807) is 24.3 Å². The van der Waals surface area contributed by atoms with Crippen LogP contribution in [-0.2, 0) is 6.42 Å². The normalized spacial score (nSPS) is 15.6. The van der Waals surface area contributed by atoms with Crippen LogP contribution in [0.3, 0.4) is 0 Å². The van der Waals surface area contributed by atoms with E-state index in [1.165, 1.54) is 12.1 Å². The monoisotopic (exact) mass is 395 g/mol. The van der Waals surface area contributed by atoms with Crippen molar-refractivity contribution < 1.29 is 14.8 Å². The molecule has 0 aromatic heterocycles. The van der Waals surface area contributed by atoms with Gasteiger partial charge < -0.3 is 10.0 Å². The van der Waals surface area contributed by atoms with Gasteiger partial charge in [0.25, 0.3) is 5.69 Å². The van der Waals surface area contributed by atoms with Crippen molar-refractivity contribution in [1.82, 2.24) is 9.80 Å². The van der Waals surface area contributed by atoms with Gasteiger partial charge in [-0.3, -0.25) is 15.0 Å². The Kier molecular flexibility index (Phi) is 7.10. The smallest absolute Gasteiger partial charge is 0.335 e. The van der Waals surface area contributed by atoms with Crippen LogP contribution in [0.4, 0.5) is 5.69 Å². The number of aromatic carboxylic acids is 1. The van der Waals surface area contributed by atoms with Gasteiger partial charge in [0.15, 0.2) is 0 Å². The second-order valence-electron chi connectivity index (χ2n) is 7.15. The van der Waals surface area contributed by atoms with Gasteiger partial charge in [0.1, 0.15) is 0 Å². The maximum absolute atomic E-state index is 10.9. The van der Waals surface area contributed by atoms with Crippen molar-refractivity contribution in [2.75, 3.05) is 39.3 Å². The fourth-order valence-electron chi connectivity index (χ4n) is 3.34. The SMILES string of the molecule is O=C(O)c1ccc(CCN2CCN(CC=Cc3ccc([N+](=O)[O-])cc3)CC2)cc1. The Morgan fingerprint density at radius 1 is 1.00 bits per heavy atom. The number of carboxylic acid groups (broad SMARTS) is 1. The molecule has 1 heterocycles. The van der Waals surface area contributed by atoms with Crippen LogP contribution in [0.1, 0.15) is 21.5 Å². The summed E-state index contributed by atoms with van der Waals surface area (Å²) < 4.78 is 0. The van der Waals surface area contributed by atoms with E-state index >= 15 is 0 Å². The predicted molar refractivity (Wildman–Crippen MR) is 112 cm³/mol. The van der Waals surface area contributed by atoms with E-state index in [9.17, 15) is 14.9 Å². The molecule has 7 nitrogen and oxygen atoms in total. The second-order valence-corrected chi connectivity index (χ2v) is 7.15. The number of hydrogen-bond acceptors (Lipinski definition) is 5. The average molecular weight is 395 g/mol. The number of piperazine rings is 1. The molecule has 0 unspecified atom stereocenters. The largest absolute Gasteiger partial charge is 0.478 e. The summed E-state index contributed by atoms with van der Waals surface area (Å²) in [7, 11) is 0. The van der Waals surface area contributed by atoms with Crippen LogP contribution in [0.25, 0.3) is 6.08 Å². The molecule has 0 radical (unpaired) electrons. The Morgan fingerprint density at radius 3 is 2.21 bits per heavy atom. The van der Waals surface area contributed by atoms with E-state index in [0.29, 0.717) is 5.56 Å².